The molecule has 0 bridgehead atoms. The maximum absolute atomic E-state index is 6.15. The average molecular weight is 387 g/mol. The molecule has 0 aromatic carbocycles. The topological polar surface area (TPSA) is 107 Å². The Hall–Kier alpha value is -2.74. The number of oxime groups is 1. The van der Waals surface area contributed by atoms with Crippen LogP contribution in [-0.4, -0.2) is 48.3 Å². The molecule has 0 aliphatic carbocycles. The summed E-state index contributed by atoms with van der Waals surface area (Å²) in [5, 5.41) is 7.37. The monoisotopic (exact) mass is 386 g/mol. The van der Waals surface area contributed by atoms with Gasteiger partial charge in [0.25, 0.3) is 0 Å². The van der Waals surface area contributed by atoms with Gasteiger partial charge in [0, 0.05) is 25.6 Å². The van der Waals surface area contributed by atoms with E-state index in [2.05, 4.69) is 25.4 Å². The van der Waals surface area contributed by atoms with Crippen molar-refractivity contribution in [3.05, 3.63) is 18.3 Å². The Bertz CT molecular complexity index is 803. The molecule has 2 rings (SSSR count). The molecule has 0 aliphatic rings. The first kappa shape index (κ1) is 21.6. The van der Waals surface area contributed by atoms with Gasteiger partial charge in [-0.05, 0) is 52.2 Å². The molecular weight excluding hydrogens is 356 g/mol. The van der Waals surface area contributed by atoms with Crippen molar-refractivity contribution in [2.45, 2.75) is 40.0 Å². The van der Waals surface area contributed by atoms with Gasteiger partial charge in [-0.1, -0.05) is 5.16 Å². The Morgan fingerprint density at radius 1 is 1.29 bits per heavy atom. The van der Waals surface area contributed by atoms with Gasteiger partial charge in [0.15, 0.2) is 5.82 Å². The zero-order valence-electron chi connectivity index (χ0n) is 16.9. The van der Waals surface area contributed by atoms with E-state index in [1.807, 2.05) is 32.9 Å². The minimum atomic E-state index is 0.372. The number of pyridine rings is 2. The van der Waals surface area contributed by atoms with Gasteiger partial charge < -0.3 is 20.6 Å². The Morgan fingerprint density at radius 3 is 2.93 bits per heavy atom. The van der Waals surface area contributed by atoms with Crippen molar-refractivity contribution in [1.29, 1.82) is 0 Å². The summed E-state index contributed by atoms with van der Waals surface area (Å²) in [5.41, 5.74) is 9.98. The maximum atomic E-state index is 6.15. The van der Waals surface area contributed by atoms with Gasteiger partial charge in [0.2, 0.25) is 0 Å². The van der Waals surface area contributed by atoms with Crippen molar-refractivity contribution in [1.82, 2.24) is 9.97 Å². The van der Waals surface area contributed by atoms with E-state index in [0.29, 0.717) is 31.3 Å². The first-order valence-corrected chi connectivity index (χ1v) is 9.65. The molecule has 28 heavy (non-hydrogen) atoms. The van der Waals surface area contributed by atoms with Crippen LogP contribution in [0.1, 0.15) is 40.0 Å². The zero-order valence-corrected chi connectivity index (χ0v) is 16.9. The highest BCUT2D eigenvalue weighted by Crippen LogP contribution is 2.35. The van der Waals surface area contributed by atoms with E-state index in [0.717, 1.165) is 48.2 Å². The highest BCUT2D eigenvalue weighted by Gasteiger charge is 2.13. The van der Waals surface area contributed by atoms with Crippen LogP contribution >= 0.6 is 0 Å². The van der Waals surface area contributed by atoms with Crippen LogP contribution in [0.5, 0.6) is 0 Å². The van der Waals surface area contributed by atoms with E-state index in [9.17, 15) is 0 Å². The lowest BCUT2D eigenvalue weighted by molar-refractivity contribution is 0.139. The number of aromatic nitrogens is 2. The molecule has 0 spiro atoms. The smallest absolute Gasteiger partial charge is 0.152 e. The van der Waals surface area contributed by atoms with Crippen LogP contribution in [0.2, 0.25) is 0 Å². The molecule has 2 aromatic heterocycles. The first-order chi connectivity index (χ1) is 13.6. The number of aliphatic imine (C=N–C) groups is 1. The van der Waals surface area contributed by atoms with E-state index >= 15 is 0 Å². The van der Waals surface area contributed by atoms with Gasteiger partial charge in [0.1, 0.15) is 17.8 Å². The fourth-order valence-electron chi connectivity index (χ4n) is 2.56. The number of hydrogen-bond acceptors (Lipinski definition) is 8. The predicted molar refractivity (Wildman–Crippen MR) is 116 cm³/mol. The second kappa shape index (κ2) is 11.9. The maximum Gasteiger partial charge on any atom is 0.152 e. The van der Waals surface area contributed by atoms with Crippen molar-refractivity contribution in [3.8, 4) is 0 Å². The van der Waals surface area contributed by atoms with Crippen molar-refractivity contribution in [2.24, 2.45) is 10.1 Å². The number of hydrogen-bond donors (Lipinski definition) is 2. The molecule has 0 saturated carbocycles. The average Bonchev–Trinajstić information content (AvgIpc) is 2.68. The summed E-state index contributed by atoms with van der Waals surface area (Å²) in [4.78, 5) is 18.6. The van der Waals surface area contributed by atoms with Crippen LogP contribution in [0.3, 0.4) is 0 Å². The molecule has 0 saturated heterocycles. The highest BCUT2D eigenvalue weighted by atomic mass is 16.6. The lowest BCUT2D eigenvalue weighted by Crippen LogP contribution is -2.06. The lowest BCUT2D eigenvalue weighted by atomic mass is 10.2. The SMILES string of the molecule is CCOCC=Nc1c(N)nc2cccnc2c1NCCCCCON=C(C)C. The van der Waals surface area contributed by atoms with E-state index in [4.69, 9.17) is 15.3 Å². The second-order valence-corrected chi connectivity index (χ2v) is 6.42. The minimum absolute atomic E-state index is 0.372. The van der Waals surface area contributed by atoms with Crippen LogP contribution in [0.15, 0.2) is 28.5 Å². The van der Waals surface area contributed by atoms with Gasteiger partial charge in [-0.15, -0.1) is 0 Å². The highest BCUT2D eigenvalue weighted by molar-refractivity contribution is 5.98. The van der Waals surface area contributed by atoms with Gasteiger partial charge in [-0.3, -0.25) is 9.98 Å². The summed E-state index contributed by atoms with van der Waals surface area (Å²) in [6.45, 7) is 8.24. The fraction of sp³-hybridized carbons (Fsp3) is 0.500. The van der Waals surface area contributed by atoms with Crippen molar-refractivity contribution >= 4 is 40.2 Å². The number of rotatable bonds is 12. The predicted octanol–water partition coefficient (Wildman–Crippen LogP) is 3.95. The number of nitrogen functional groups attached to an aromatic ring is 1. The Labute approximate surface area is 166 Å². The normalized spacial score (nSPS) is 11.1. The molecule has 3 N–H and O–H groups in total. The van der Waals surface area contributed by atoms with Gasteiger partial charge in [0.05, 0.1) is 23.5 Å². The summed E-state index contributed by atoms with van der Waals surface area (Å²) >= 11 is 0. The van der Waals surface area contributed by atoms with Crippen LogP contribution in [-0.2, 0) is 9.57 Å². The van der Waals surface area contributed by atoms with Crippen molar-refractivity contribution < 1.29 is 9.57 Å². The summed E-state index contributed by atoms with van der Waals surface area (Å²) in [5.74, 6) is 0.372. The number of fused-ring (bicyclic) bond motifs is 1. The first-order valence-electron chi connectivity index (χ1n) is 9.65. The van der Waals surface area contributed by atoms with Gasteiger partial charge >= 0.3 is 0 Å². The van der Waals surface area contributed by atoms with Crippen molar-refractivity contribution in [2.75, 3.05) is 37.4 Å². The van der Waals surface area contributed by atoms with Crippen LogP contribution < -0.4 is 11.1 Å². The van der Waals surface area contributed by atoms with E-state index in [-0.39, 0.29) is 0 Å². The molecule has 0 radical (unpaired) electrons. The standard InChI is InChI=1S/C20H30N6O2/c1-4-27-14-12-24-19-18(17-16(25-20(19)21)9-8-11-22-17)23-10-6-5-7-13-28-26-15(2)3/h8-9,11-12H,4-7,10,13-14H2,1-3H3,(H3,21,23,25). The molecule has 0 amide bonds. The van der Waals surface area contributed by atoms with E-state index < -0.39 is 0 Å². The summed E-state index contributed by atoms with van der Waals surface area (Å²) in [6, 6.07) is 3.74. The second-order valence-electron chi connectivity index (χ2n) is 6.42. The quantitative estimate of drug-likeness (QED) is 0.325. The summed E-state index contributed by atoms with van der Waals surface area (Å²) in [6.07, 6.45) is 6.41. The number of anilines is 2. The third kappa shape index (κ3) is 6.77. The fourth-order valence-corrected chi connectivity index (χ4v) is 2.56. The van der Waals surface area contributed by atoms with Crippen LogP contribution in [0.25, 0.3) is 11.0 Å². The molecule has 2 heterocycles. The van der Waals surface area contributed by atoms with E-state index in [1.54, 1.807) is 12.4 Å². The molecule has 0 atom stereocenters. The molecule has 2 aromatic rings. The van der Waals surface area contributed by atoms with E-state index in [1.165, 1.54) is 0 Å². The van der Waals surface area contributed by atoms with Crippen molar-refractivity contribution in [3.63, 3.8) is 0 Å². The molecule has 0 fully saturated rings. The number of ether oxygens (including phenoxy) is 1. The van der Waals surface area contributed by atoms with Gasteiger partial charge in [-0.25, -0.2) is 4.98 Å². The number of nitrogens with zero attached hydrogens (tertiary/aromatic N) is 4. The largest absolute Gasteiger partial charge is 0.396 e. The molecule has 0 unspecified atom stereocenters. The van der Waals surface area contributed by atoms with Crippen LogP contribution in [0.4, 0.5) is 17.2 Å². The molecule has 0 aliphatic heterocycles. The summed E-state index contributed by atoms with van der Waals surface area (Å²) < 4.78 is 5.31. The number of nitrogens with one attached hydrogen (secondary N) is 1. The lowest BCUT2D eigenvalue weighted by Gasteiger charge is -2.13. The number of unbranched alkanes of at least 4 members (excludes halogenated alkanes) is 2. The third-order valence-corrected chi connectivity index (χ3v) is 3.82. The molecular formula is C20H30N6O2. The Kier molecular flexibility index (Phi) is 9.14. The zero-order chi connectivity index (χ0) is 20.2. The summed E-state index contributed by atoms with van der Waals surface area (Å²) in [7, 11) is 0. The molecule has 8 heteroatoms. The Balaban J connectivity index is 2.02. The Morgan fingerprint density at radius 2 is 2.14 bits per heavy atom. The van der Waals surface area contributed by atoms with Gasteiger partial charge in [-0.2, -0.15) is 0 Å². The minimum Gasteiger partial charge on any atom is -0.396 e. The molecule has 152 valence electrons. The van der Waals surface area contributed by atoms with Crippen LogP contribution in [0, 0.1) is 0 Å². The number of nitrogens with two attached hydrogens (primary N) is 1. The molecule has 8 nitrogen and oxygen atoms in total. The third-order valence-electron chi connectivity index (χ3n) is 3.82.